The third-order valence-corrected chi connectivity index (χ3v) is 11.1. The number of hydrogen-bond acceptors (Lipinski definition) is 6. The molecule has 3 amide bonds. The predicted molar refractivity (Wildman–Crippen MR) is 198 cm³/mol. The predicted octanol–water partition coefficient (Wildman–Crippen LogP) is 5.50. The van der Waals surface area contributed by atoms with Crippen molar-refractivity contribution in [2.75, 3.05) is 71.9 Å². The first-order valence-corrected chi connectivity index (χ1v) is 18.4. The number of carbonyl (C=O) groups is 3. The highest BCUT2D eigenvalue weighted by Crippen LogP contribution is 2.33. The van der Waals surface area contributed by atoms with Gasteiger partial charge in [-0.3, -0.25) is 19.1 Å². The zero-order chi connectivity index (χ0) is 39.6. The first kappa shape index (κ1) is 39.9. The number of amides is 3. The van der Waals surface area contributed by atoms with E-state index in [4.69, 9.17) is 16.3 Å². The van der Waals surface area contributed by atoms with Crippen molar-refractivity contribution in [1.29, 1.82) is 0 Å². The van der Waals surface area contributed by atoms with Crippen LogP contribution in [0.3, 0.4) is 0 Å². The number of carbonyl (C=O) groups excluding carboxylic acids is 3. The van der Waals surface area contributed by atoms with Gasteiger partial charge < -0.3 is 28.9 Å². The lowest BCUT2D eigenvalue weighted by molar-refractivity contribution is -0.918. The van der Waals surface area contributed by atoms with Crippen LogP contribution in [-0.2, 0) is 23.1 Å². The zero-order valence-corrected chi connectivity index (χ0v) is 31.9. The van der Waals surface area contributed by atoms with E-state index >= 15 is 8.78 Å². The Morgan fingerprint density at radius 3 is 2.29 bits per heavy atom. The summed E-state index contributed by atoms with van der Waals surface area (Å²) < 4.78 is 65.3. The Morgan fingerprint density at radius 1 is 0.982 bits per heavy atom. The van der Waals surface area contributed by atoms with Gasteiger partial charge in [0.05, 0.1) is 62.0 Å². The topological polar surface area (TPSA) is 115 Å². The molecule has 2 saturated heterocycles. The van der Waals surface area contributed by atoms with Crippen LogP contribution in [0.4, 0.5) is 23.2 Å². The molecule has 2 aliphatic heterocycles. The number of rotatable bonds is 11. The summed E-state index contributed by atoms with van der Waals surface area (Å²) in [5, 5.41) is 7.05. The molecular formula is C38H44ClF4N8O4+. The van der Waals surface area contributed by atoms with Gasteiger partial charge in [0.15, 0.2) is 17.5 Å². The highest BCUT2D eigenvalue weighted by atomic mass is 35.5. The summed E-state index contributed by atoms with van der Waals surface area (Å²) >= 11 is 6.53. The van der Waals surface area contributed by atoms with Gasteiger partial charge in [0.1, 0.15) is 6.54 Å². The van der Waals surface area contributed by atoms with Crippen LogP contribution < -0.4 is 5.32 Å². The van der Waals surface area contributed by atoms with Gasteiger partial charge in [-0.1, -0.05) is 17.7 Å². The third kappa shape index (κ3) is 8.40. The monoisotopic (exact) mass is 787 g/mol. The molecule has 4 aromatic rings. The summed E-state index contributed by atoms with van der Waals surface area (Å²) in [6.07, 6.45) is 1.48. The molecule has 2 aromatic carbocycles. The number of nitrogens with zero attached hydrogens (tertiary/aromatic N) is 7. The second-order valence-electron chi connectivity index (χ2n) is 14.4. The van der Waals surface area contributed by atoms with Crippen molar-refractivity contribution in [3.05, 3.63) is 76.5 Å². The summed E-state index contributed by atoms with van der Waals surface area (Å²) in [6, 6.07) is 7.35. The molecule has 0 saturated carbocycles. The SMILES string of the molecule is COCCn1ncc(-c2ccc(-c3cnc(C(=O)Nc4ccc(C(=O)N5CCN(C(=O)C6CC[N+](C)(CC(F)F)CC6)CC5)c(Cl)c4)n3C)c(F)c2F)c1C. The van der Waals surface area contributed by atoms with Crippen molar-refractivity contribution in [2.45, 2.75) is 32.7 Å². The van der Waals surface area contributed by atoms with E-state index in [-0.39, 0.29) is 67.7 Å². The van der Waals surface area contributed by atoms with E-state index in [1.54, 1.807) is 35.6 Å². The molecular weight excluding hydrogens is 744 g/mol. The Labute approximate surface area is 321 Å². The van der Waals surface area contributed by atoms with Gasteiger partial charge in [0.25, 0.3) is 18.2 Å². The molecule has 0 atom stereocenters. The van der Waals surface area contributed by atoms with Gasteiger partial charge in [-0.15, -0.1) is 0 Å². The fraction of sp³-hybridized carbons (Fsp3) is 0.447. The van der Waals surface area contributed by atoms with Gasteiger partial charge in [0.2, 0.25) is 5.91 Å². The summed E-state index contributed by atoms with van der Waals surface area (Å²) in [6.45, 7) is 4.78. The van der Waals surface area contributed by atoms with Crippen molar-refractivity contribution in [2.24, 2.45) is 13.0 Å². The van der Waals surface area contributed by atoms with E-state index in [9.17, 15) is 23.2 Å². The standard InChI is InChI=1S/C38H43ClF4N8O4/c1-23-29(20-45-50(23)15-18-55-4)26-7-8-28(34(43)33(26)42)31-21-44-35(47(31)2)36(52)46-25-5-6-27(30(39)19-25)38(54)49-13-11-48(12-14-49)37(53)24-9-16-51(3,17-10-24)22-32(40)41/h5-8,19-21,24,32H,9-18,22H2,1-4H3/p+1. The average Bonchev–Trinajstić information content (AvgIpc) is 3.72. The van der Waals surface area contributed by atoms with Crippen molar-refractivity contribution < 1.29 is 41.2 Å². The number of halogens is 5. The van der Waals surface area contributed by atoms with Gasteiger partial charge in [-0.05, 0) is 31.2 Å². The molecule has 55 heavy (non-hydrogen) atoms. The fourth-order valence-electron chi connectivity index (χ4n) is 7.41. The Hall–Kier alpha value is -4.80. The summed E-state index contributed by atoms with van der Waals surface area (Å²) in [7, 11) is 4.88. The number of likely N-dealkylation sites (tertiary alicyclic amines) is 1. The molecule has 2 fully saturated rings. The quantitative estimate of drug-likeness (QED) is 0.159. The molecule has 4 heterocycles. The number of nitrogens with one attached hydrogen (secondary N) is 1. The van der Waals surface area contributed by atoms with E-state index in [0.29, 0.717) is 76.5 Å². The Morgan fingerprint density at radius 2 is 1.64 bits per heavy atom. The average molecular weight is 788 g/mol. The molecule has 6 rings (SSSR count). The van der Waals surface area contributed by atoms with E-state index < -0.39 is 24.0 Å². The largest absolute Gasteiger partial charge is 0.383 e. The van der Waals surface area contributed by atoms with Gasteiger partial charge >= 0.3 is 0 Å². The number of methoxy groups -OCH3 is 1. The number of anilines is 1. The van der Waals surface area contributed by atoms with E-state index in [1.165, 1.54) is 54.3 Å². The maximum Gasteiger partial charge on any atom is 0.291 e. The van der Waals surface area contributed by atoms with Crippen LogP contribution >= 0.6 is 11.6 Å². The summed E-state index contributed by atoms with van der Waals surface area (Å²) in [4.78, 5) is 47.4. The van der Waals surface area contributed by atoms with Crippen molar-refractivity contribution in [3.63, 3.8) is 0 Å². The van der Waals surface area contributed by atoms with Crippen molar-refractivity contribution in [1.82, 2.24) is 29.1 Å². The number of imidazole rings is 1. The highest BCUT2D eigenvalue weighted by Gasteiger charge is 2.38. The second-order valence-corrected chi connectivity index (χ2v) is 14.8. The van der Waals surface area contributed by atoms with Crippen molar-refractivity contribution in [3.8, 4) is 22.4 Å². The number of piperidine rings is 1. The van der Waals surface area contributed by atoms with Crippen molar-refractivity contribution >= 4 is 35.0 Å². The molecule has 0 bridgehead atoms. The molecule has 294 valence electrons. The van der Waals surface area contributed by atoms with Crippen LogP contribution in [0.15, 0.2) is 42.7 Å². The number of piperazine rings is 1. The molecule has 2 aliphatic rings. The number of alkyl halides is 2. The highest BCUT2D eigenvalue weighted by molar-refractivity contribution is 6.34. The molecule has 0 spiro atoms. The van der Waals surface area contributed by atoms with Crippen LogP contribution in [0.1, 0.15) is 39.5 Å². The number of aromatic nitrogens is 4. The molecule has 17 heteroatoms. The van der Waals surface area contributed by atoms with Crippen LogP contribution in [0, 0.1) is 24.5 Å². The Balaban J connectivity index is 1.06. The number of benzene rings is 2. The summed E-state index contributed by atoms with van der Waals surface area (Å²) in [5.74, 6) is -3.41. The van der Waals surface area contributed by atoms with Gasteiger partial charge in [-0.2, -0.15) is 5.10 Å². The lowest BCUT2D eigenvalue weighted by Crippen LogP contribution is -2.56. The first-order valence-electron chi connectivity index (χ1n) is 18.0. The lowest BCUT2D eigenvalue weighted by Gasteiger charge is -2.42. The third-order valence-electron chi connectivity index (χ3n) is 10.7. The minimum Gasteiger partial charge on any atom is -0.383 e. The van der Waals surface area contributed by atoms with E-state index in [2.05, 4.69) is 15.4 Å². The molecule has 0 unspecified atom stereocenters. The molecule has 1 N–H and O–H groups in total. The smallest absolute Gasteiger partial charge is 0.291 e. The lowest BCUT2D eigenvalue weighted by atomic mass is 9.93. The normalized spacial score (nSPS) is 18.9. The maximum absolute atomic E-state index is 15.5. The first-order chi connectivity index (χ1) is 26.2. The van der Waals surface area contributed by atoms with Crippen LogP contribution in [0.25, 0.3) is 22.4 Å². The zero-order valence-electron chi connectivity index (χ0n) is 31.1. The molecule has 12 nitrogen and oxygen atoms in total. The van der Waals surface area contributed by atoms with Gasteiger partial charge in [-0.25, -0.2) is 22.5 Å². The minimum atomic E-state index is -2.38. The van der Waals surface area contributed by atoms with Crippen LogP contribution in [0.2, 0.25) is 5.02 Å². The number of ether oxygens (including phenoxy) is 1. The molecule has 0 aliphatic carbocycles. The fourth-order valence-corrected chi connectivity index (χ4v) is 7.67. The minimum absolute atomic E-state index is 0.00269. The summed E-state index contributed by atoms with van der Waals surface area (Å²) in [5.41, 5.74) is 1.75. The molecule has 2 aromatic heterocycles. The Kier molecular flexibility index (Phi) is 12.0. The Bertz CT molecular complexity index is 2070. The van der Waals surface area contributed by atoms with E-state index in [1.807, 2.05) is 0 Å². The van der Waals surface area contributed by atoms with Crippen LogP contribution in [-0.4, -0.2) is 124 Å². The van der Waals surface area contributed by atoms with E-state index in [0.717, 1.165) is 0 Å². The number of hydrogen-bond donors (Lipinski definition) is 1. The van der Waals surface area contributed by atoms with Gasteiger partial charge in [0, 0.05) is 87.2 Å². The number of quaternary nitrogens is 1. The maximum atomic E-state index is 15.5. The second kappa shape index (κ2) is 16.5. The van der Waals surface area contributed by atoms with Crippen LogP contribution in [0.5, 0.6) is 0 Å². The molecule has 0 radical (unpaired) electrons.